The van der Waals surface area contributed by atoms with E-state index in [4.69, 9.17) is 9.47 Å². The number of carboxylic acid groups (broad SMARTS) is 1. The number of nitrogens with one attached hydrogen (secondary N) is 1. The molecular weight excluding hydrogens is 394 g/mol. The van der Waals surface area contributed by atoms with Gasteiger partial charge in [0.25, 0.3) is 0 Å². The van der Waals surface area contributed by atoms with Gasteiger partial charge in [-0.15, -0.1) is 0 Å². The number of benzene rings is 3. The van der Waals surface area contributed by atoms with Crippen LogP contribution in [0.1, 0.15) is 22.6 Å². The lowest BCUT2D eigenvalue weighted by molar-refractivity contribution is -0.140. The summed E-state index contributed by atoms with van der Waals surface area (Å²) in [5.41, 5.74) is 5.43. The summed E-state index contributed by atoms with van der Waals surface area (Å²) < 4.78 is 11.0. The summed E-state index contributed by atoms with van der Waals surface area (Å²) in [6.45, 7) is 1.82. The van der Waals surface area contributed by atoms with Crippen LogP contribution in [0.2, 0.25) is 0 Å². The lowest BCUT2D eigenvalue weighted by Crippen LogP contribution is -2.45. The van der Waals surface area contributed by atoms with Crippen molar-refractivity contribution in [3.63, 3.8) is 0 Å². The molecule has 31 heavy (non-hydrogen) atoms. The summed E-state index contributed by atoms with van der Waals surface area (Å²) in [5, 5.41) is 11.8. The normalized spacial score (nSPS) is 13.1. The number of carboxylic acids is 1. The first-order chi connectivity index (χ1) is 15.0. The maximum Gasteiger partial charge on any atom is 0.407 e. The Bertz CT molecular complexity index is 1060. The summed E-state index contributed by atoms with van der Waals surface area (Å²) in [7, 11) is 0. The number of hydrogen-bond donors (Lipinski definition) is 2. The lowest BCUT2D eigenvalue weighted by atomic mass is 9.98. The molecule has 0 radical (unpaired) electrons. The average Bonchev–Trinajstić information content (AvgIpc) is 3.09. The third-order valence-electron chi connectivity index (χ3n) is 5.34. The van der Waals surface area contributed by atoms with Crippen molar-refractivity contribution in [1.29, 1.82) is 0 Å². The Morgan fingerprint density at radius 3 is 2.23 bits per heavy atom. The molecule has 0 fully saturated rings. The van der Waals surface area contributed by atoms with E-state index in [-0.39, 0.29) is 19.1 Å². The van der Waals surface area contributed by atoms with Crippen LogP contribution in [0.4, 0.5) is 4.79 Å². The molecule has 158 valence electrons. The molecule has 0 aromatic heterocycles. The number of carbonyl (C=O) groups is 2. The smallest absolute Gasteiger partial charge is 0.407 e. The molecule has 0 saturated carbocycles. The van der Waals surface area contributed by atoms with Crippen molar-refractivity contribution in [2.75, 3.05) is 13.2 Å². The van der Waals surface area contributed by atoms with Gasteiger partial charge in [0.05, 0.1) is 0 Å². The van der Waals surface area contributed by atoms with E-state index in [0.717, 1.165) is 27.8 Å². The molecule has 1 aliphatic rings. The zero-order chi connectivity index (χ0) is 21.8. The molecule has 0 aliphatic heterocycles. The molecular formula is C25H23NO5. The van der Waals surface area contributed by atoms with Crippen LogP contribution in [0, 0.1) is 6.92 Å². The van der Waals surface area contributed by atoms with Crippen molar-refractivity contribution in [2.24, 2.45) is 0 Å². The number of aryl methyl sites for hydroxylation is 1. The Kier molecular flexibility index (Phi) is 5.89. The molecule has 0 heterocycles. The minimum absolute atomic E-state index is 0.0926. The van der Waals surface area contributed by atoms with Gasteiger partial charge in [0, 0.05) is 5.92 Å². The van der Waals surface area contributed by atoms with Crippen LogP contribution in [0.5, 0.6) is 5.75 Å². The molecule has 0 unspecified atom stereocenters. The molecule has 1 amide bonds. The number of carbonyl (C=O) groups excluding carboxylic acids is 1. The zero-order valence-electron chi connectivity index (χ0n) is 17.1. The third kappa shape index (κ3) is 4.53. The first-order valence-corrected chi connectivity index (χ1v) is 10.1. The average molecular weight is 417 g/mol. The van der Waals surface area contributed by atoms with Crippen LogP contribution in [0.3, 0.4) is 0 Å². The van der Waals surface area contributed by atoms with E-state index in [1.54, 1.807) is 12.1 Å². The van der Waals surface area contributed by atoms with Crippen LogP contribution in [0.15, 0.2) is 72.8 Å². The fourth-order valence-electron chi connectivity index (χ4n) is 3.84. The van der Waals surface area contributed by atoms with E-state index in [1.165, 1.54) is 0 Å². The number of fused-ring (bicyclic) bond motifs is 3. The molecule has 4 rings (SSSR count). The van der Waals surface area contributed by atoms with Gasteiger partial charge in [-0.05, 0) is 46.9 Å². The second-order valence-corrected chi connectivity index (χ2v) is 7.49. The summed E-state index contributed by atoms with van der Waals surface area (Å²) in [5.74, 6) is -0.744. The Labute approximate surface area is 180 Å². The van der Waals surface area contributed by atoms with E-state index in [0.29, 0.717) is 5.75 Å². The van der Waals surface area contributed by atoms with Crippen molar-refractivity contribution in [1.82, 2.24) is 5.32 Å². The van der Waals surface area contributed by atoms with Crippen LogP contribution in [-0.2, 0) is 9.53 Å². The number of hydrogen-bond acceptors (Lipinski definition) is 4. The lowest BCUT2D eigenvalue weighted by Gasteiger charge is -2.18. The van der Waals surface area contributed by atoms with Gasteiger partial charge in [-0.25, -0.2) is 9.59 Å². The SMILES string of the molecule is Cc1cccc(OC[C@H](NC(=O)OCC2c3ccccc3-c3ccccc32)C(=O)O)c1. The van der Waals surface area contributed by atoms with Gasteiger partial charge in [-0.3, -0.25) is 0 Å². The molecule has 0 spiro atoms. The maximum atomic E-state index is 12.4. The highest BCUT2D eigenvalue weighted by molar-refractivity contribution is 5.81. The predicted molar refractivity (Wildman–Crippen MR) is 116 cm³/mol. The second-order valence-electron chi connectivity index (χ2n) is 7.49. The van der Waals surface area contributed by atoms with Crippen molar-refractivity contribution in [3.05, 3.63) is 89.5 Å². The molecule has 3 aromatic rings. The van der Waals surface area contributed by atoms with Gasteiger partial charge < -0.3 is 19.9 Å². The Balaban J connectivity index is 1.38. The predicted octanol–water partition coefficient (Wildman–Crippen LogP) is 4.37. The largest absolute Gasteiger partial charge is 0.491 e. The van der Waals surface area contributed by atoms with Crippen molar-refractivity contribution >= 4 is 12.1 Å². The molecule has 0 saturated heterocycles. The fourth-order valence-corrected chi connectivity index (χ4v) is 3.84. The number of ether oxygens (including phenoxy) is 2. The van der Waals surface area contributed by atoms with E-state index in [1.807, 2.05) is 55.5 Å². The van der Waals surface area contributed by atoms with E-state index >= 15 is 0 Å². The molecule has 6 heteroatoms. The van der Waals surface area contributed by atoms with Crippen molar-refractivity contribution < 1.29 is 24.2 Å². The standard InChI is InChI=1S/C25H23NO5/c1-16-7-6-8-17(13-16)30-15-23(24(27)28)26-25(29)31-14-22-20-11-4-2-9-18(20)19-10-3-5-12-21(19)22/h2-13,22-23H,14-15H2,1H3,(H,26,29)(H,27,28)/t23-/m0/s1. The summed E-state index contributed by atoms with van der Waals surface area (Å²) in [6, 6.07) is 22.1. The van der Waals surface area contributed by atoms with Crippen LogP contribution in [0.25, 0.3) is 11.1 Å². The van der Waals surface area contributed by atoms with Gasteiger partial charge in [-0.2, -0.15) is 0 Å². The minimum atomic E-state index is -1.23. The molecule has 1 aliphatic carbocycles. The van der Waals surface area contributed by atoms with Gasteiger partial charge in [0.15, 0.2) is 6.04 Å². The number of aliphatic carboxylic acids is 1. The minimum Gasteiger partial charge on any atom is -0.491 e. The third-order valence-corrected chi connectivity index (χ3v) is 5.34. The summed E-state index contributed by atoms with van der Waals surface area (Å²) in [4.78, 5) is 23.9. The van der Waals surface area contributed by atoms with Gasteiger partial charge in [0.1, 0.15) is 19.0 Å². The van der Waals surface area contributed by atoms with E-state index in [9.17, 15) is 14.7 Å². The molecule has 3 aromatic carbocycles. The monoisotopic (exact) mass is 417 g/mol. The Hall–Kier alpha value is -3.80. The Morgan fingerprint density at radius 2 is 1.61 bits per heavy atom. The first-order valence-electron chi connectivity index (χ1n) is 10.1. The van der Waals surface area contributed by atoms with Gasteiger partial charge in [-0.1, -0.05) is 60.7 Å². The first kappa shape index (κ1) is 20.5. The maximum absolute atomic E-state index is 12.4. The topological polar surface area (TPSA) is 84.9 Å². The Morgan fingerprint density at radius 1 is 0.968 bits per heavy atom. The zero-order valence-corrected chi connectivity index (χ0v) is 17.1. The highest BCUT2D eigenvalue weighted by atomic mass is 16.5. The highest BCUT2D eigenvalue weighted by Gasteiger charge is 2.29. The quantitative estimate of drug-likeness (QED) is 0.596. The fraction of sp³-hybridized carbons (Fsp3) is 0.200. The second kappa shape index (κ2) is 8.92. The molecule has 2 N–H and O–H groups in total. The number of amides is 1. The van der Waals surface area contributed by atoms with E-state index < -0.39 is 18.1 Å². The summed E-state index contributed by atoms with van der Waals surface area (Å²) >= 11 is 0. The summed E-state index contributed by atoms with van der Waals surface area (Å²) in [6.07, 6.45) is -0.790. The van der Waals surface area contributed by atoms with Gasteiger partial charge >= 0.3 is 12.1 Å². The molecule has 0 bridgehead atoms. The van der Waals surface area contributed by atoms with Crippen molar-refractivity contribution in [3.8, 4) is 16.9 Å². The molecule has 6 nitrogen and oxygen atoms in total. The van der Waals surface area contributed by atoms with Gasteiger partial charge in [0.2, 0.25) is 0 Å². The van der Waals surface area contributed by atoms with E-state index in [2.05, 4.69) is 17.4 Å². The van der Waals surface area contributed by atoms with Crippen LogP contribution >= 0.6 is 0 Å². The molecule has 1 atom stereocenters. The highest BCUT2D eigenvalue weighted by Crippen LogP contribution is 2.44. The van der Waals surface area contributed by atoms with Crippen molar-refractivity contribution in [2.45, 2.75) is 18.9 Å². The number of rotatable bonds is 7. The van der Waals surface area contributed by atoms with Crippen LogP contribution < -0.4 is 10.1 Å². The number of alkyl carbamates (subject to hydrolysis) is 1. The van der Waals surface area contributed by atoms with Crippen LogP contribution in [-0.4, -0.2) is 36.4 Å².